The van der Waals surface area contributed by atoms with Crippen LogP contribution in [0.2, 0.25) is 0 Å². The van der Waals surface area contributed by atoms with Gasteiger partial charge in [0.1, 0.15) is 0 Å². The molecule has 0 spiro atoms. The maximum Gasteiger partial charge on any atom is 0.192 e. The Bertz CT molecular complexity index is 378. The first-order valence-electron chi connectivity index (χ1n) is 4.37. The van der Waals surface area contributed by atoms with Gasteiger partial charge in [0.25, 0.3) is 0 Å². The van der Waals surface area contributed by atoms with Crippen LogP contribution < -0.4 is 10.6 Å². The van der Waals surface area contributed by atoms with E-state index in [1.54, 1.807) is 18.4 Å². The van der Waals surface area contributed by atoms with Gasteiger partial charge in [-0.25, -0.2) is 0 Å². The summed E-state index contributed by atoms with van der Waals surface area (Å²) in [6, 6.07) is 2.08. The number of nitrogens with one attached hydrogen (secondary N) is 2. The molecule has 0 saturated heterocycles. The third kappa shape index (κ3) is 4.36. The van der Waals surface area contributed by atoms with E-state index in [9.17, 15) is 0 Å². The molecule has 0 bridgehead atoms. The molecular formula is C10H12BrN3S. The number of guanidine groups is 1. The Morgan fingerprint density at radius 3 is 3.00 bits per heavy atom. The highest BCUT2D eigenvalue weighted by Gasteiger charge is 1.99. The number of halogens is 1. The Morgan fingerprint density at radius 2 is 2.47 bits per heavy atom. The number of terminal acetylenes is 1. The summed E-state index contributed by atoms with van der Waals surface area (Å²) < 4.78 is 1.13. The number of hydrogen-bond acceptors (Lipinski definition) is 2. The van der Waals surface area contributed by atoms with Crippen LogP contribution in [0, 0.1) is 12.3 Å². The maximum absolute atomic E-state index is 5.14. The molecule has 0 unspecified atom stereocenters. The minimum absolute atomic E-state index is 0.479. The van der Waals surface area contributed by atoms with Crippen LogP contribution in [0.4, 0.5) is 0 Å². The summed E-state index contributed by atoms with van der Waals surface area (Å²) >= 11 is 5.08. The predicted molar refractivity (Wildman–Crippen MR) is 69.1 cm³/mol. The van der Waals surface area contributed by atoms with Gasteiger partial charge < -0.3 is 10.6 Å². The van der Waals surface area contributed by atoms with Crippen LogP contribution in [0.25, 0.3) is 0 Å². The zero-order valence-corrected chi connectivity index (χ0v) is 10.8. The first kappa shape index (κ1) is 12.1. The molecule has 5 heteroatoms. The minimum atomic E-state index is 0.479. The number of hydrogen-bond donors (Lipinski definition) is 2. The number of aliphatic imine (C=N–C) groups is 1. The zero-order chi connectivity index (χ0) is 11.1. The van der Waals surface area contributed by atoms with Gasteiger partial charge in [0.05, 0.1) is 10.3 Å². The fourth-order valence-electron chi connectivity index (χ4n) is 0.980. The van der Waals surface area contributed by atoms with Crippen molar-refractivity contribution in [1.82, 2.24) is 10.6 Å². The standard InChI is InChI=1S/C10H12BrN3S/c1-3-4-13-10(12-2)14-6-8-5-9(11)15-7-8/h1,5,7H,4,6H2,2H3,(H2,12,13,14). The molecule has 0 aliphatic rings. The number of thiophene rings is 1. The lowest BCUT2D eigenvalue weighted by Gasteiger charge is -2.08. The molecule has 0 aliphatic carbocycles. The molecule has 0 amide bonds. The predicted octanol–water partition coefficient (Wildman–Crippen LogP) is 1.81. The van der Waals surface area contributed by atoms with Gasteiger partial charge in [-0.3, -0.25) is 4.99 Å². The first-order chi connectivity index (χ1) is 7.26. The van der Waals surface area contributed by atoms with E-state index in [1.807, 2.05) is 0 Å². The Hall–Kier alpha value is -0.990. The van der Waals surface area contributed by atoms with Gasteiger partial charge in [-0.15, -0.1) is 17.8 Å². The normalized spacial score (nSPS) is 10.9. The second kappa shape index (κ2) is 6.49. The van der Waals surface area contributed by atoms with E-state index < -0.39 is 0 Å². The van der Waals surface area contributed by atoms with Gasteiger partial charge in [0.2, 0.25) is 0 Å². The van der Waals surface area contributed by atoms with Crippen LogP contribution >= 0.6 is 27.3 Å². The highest BCUT2D eigenvalue weighted by molar-refractivity contribution is 9.11. The first-order valence-corrected chi connectivity index (χ1v) is 6.04. The van der Waals surface area contributed by atoms with E-state index >= 15 is 0 Å². The van der Waals surface area contributed by atoms with Crippen LogP contribution in [0.3, 0.4) is 0 Å². The maximum atomic E-state index is 5.14. The van der Waals surface area contributed by atoms with E-state index in [0.717, 1.165) is 16.3 Å². The molecular weight excluding hydrogens is 274 g/mol. The van der Waals surface area contributed by atoms with Crippen molar-refractivity contribution < 1.29 is 0 Å². The molecule has 0 saturated carbocycles. The summed E-state index contributed by atoms with van der Waals surface area (Å²) in [6.07, 6.45) is 5.14. The largest absolute Gasteiger partial charge is 0.352 e. The topological polar surface area (TPSA) is 36.4 Å². The molecule has 0 aliphatic heterocycles. The van der Waals surface area contributed by atoms with Crippen molar-refractivity contribution in [3.8, 4) is 12.3 Å². The second-order valence-electron chi connectivity index (χ2n) is 2.74. The Morgan fingerprint density at radius 1 is 1.67 bits per heavy atom. The number of nitrogens with zero attached hydrogens (tertiary/aromatic N) is 1. The highest BCUT2D eigenvalue weighted by Crippen LogP contribution is 2.20. The van der Waals surface area contributed by atoms with Crippen molar-refractivity contribution in [2.24, 2.45) is 4.99 Å². The van der Waals surface area contributed by atoms with E-state index in [-0.39, 0.29) is 0 Å². The Kier molecular flexibility index (Phi) is 5.22. The van der Waals surface area contributed by atoms with Crippen molar-refractivity contribution in [1.29, 1.82) is 0 Å². The third-order valence-corrected chi connectivity index (χ3v) is 3.22. The van der Waals surface area contributed by atoms with E-state index in [2.05, 4.69) is 48.9 Å². The lowest BCUT2D eigenvalue weighted by atomic mass is 10.3. The Labute approximate surface area is 102 Å². The van der Waals surface area contributed by atoms with Crippen molar-refractivity contribution in [2.75, 3.05) is 13.6 Å². The molecule has 1 rings (SSSR count). The van der Waals surface area contributed by atoms with Crippen LogP contribution in [0.5, 0.6) is 0 Å². The average Bonchev–Trinajstić information content (AvgIpc) is 2.65. The molecule has 0 fully saturated rings. The molecule has 1 aromatic rings. The van der Waals surface area contributed by atoms with E-state index in [1.165, 1.54) is 5.56 Å². The molecule has 80 valence electrons. The minimum Gasteiger partial charge on any atom is -0.352 e. The van der Waals surface area contributed by atoms with Crippen LogP contribution in [-0.4, -0.2) is 19.6 Å². The molecule has 15 heavy (non-hydrogen) atoms. The SMILES string of the molecule is C#CCNC(=NC)NCc1csc(Br)c1. The smallest absolute Gasteiger partial charge is 0.192 e. The molecule has 3 nitrogen and oxygen atoms in total. The van der Waals surface area contributed by atoms with Crippen LogP contribution in [0.1, 0.15) is 5.56 Å². The van der Waals surface area contributed by atoms with Crippen molar-refractivity contribution >= 4 is 33.2 Å². The summed E-state index contributed by atoms with van der Waals surface area (Å²) in [6.45, 7) is 1.22. The summed E-state index contributed by atoms with van der Waals surface area (Å²) in [7, 11) is 1.72. The van der Waals surface area contributed by atoms with Crippen molar-refractivity contribution in [3.05, 3.63) is 20.8 Å². The van der Waals surface area contributed by atoms with Gasteiger partial charge in [-0.1, -0.05) is 5.92 Å². The molecule has 0 atom stereocenters. The average molecular weight is 286 g/mol. The highest BCUT2D eigenvalue weighted by atomic mass is 79.9. The van der Waals surface area contributed by atoms with Crippen molar-refractivity contribution in [3.63, 3.8) is 0 Å². The van der Waals surface area contributed by atoms with Gasteiger partial charge in [0, 0.05) is 13.6 Å². The zero-order valence-electron chi connectivity index (χ0n) is 8.38. The van der Waals surface area contributed by atoms with Crippen LogP contribution in [-0.2, 0) is 6.54 Å². The quantitative estimate of drug-likeness (QED) is 0.505. The monoisotopic (exact) mass is 285 g/mol. The van der Waals surface area contributed by atoms with Crippen LogP contribution in [0.15, 0.2) is 20.2 Å². The van der Waals surface area contributed by atoms with Crippen molar-refractivity contribution in [2.45, 2.75) is 6.54 Å². The van der Waals surface area contributed by atoms with E-state index in [4.69, 9.17) is 6.42 Å². The molecule has 0 aromatic carbocycles. The fourth-order valence-corrected chi connectivity index (χ4v) is 2.19. The van der Waals surface area contributed by atoms with Gasteiger partial charge in [-0.2, -0.15) is 0 Å². The Balaban J connectivity index is 2.38. The summed E-state index contributed by atoms with van der Waals surface area (Å²) in [5.74, 6) is 3.22. The molecule has 2 N–H and O–H groups in total. The van der Waals surface area contributed by atoms with Gasteiger partial charge >= 0.3 is 0 Å². The third-order valence-electron chi connectivity index (χ3n) is 1.66. The summed E-state index contributed by atoms with van der Waals surface area (Å²) in [4.78, 5) is 4.04. The lowest BCUT2D eigenvalue weighted by Crippen LogP contribution is -2.36. The molecule has 1 heterocycles. The van der Waals surface area contributed by atoms with E-state index in [0.29, 0.717) is 6.54 Å². The summed E-state index contributed by atoms with van der Waals surface area (Å²) in [5, 5.41) is 8.24. The molecule has 0 radical (unpaired) electrons. The second-order valence-corrected chi connectivity index (χ2v) is 5.03. The molecule has 1 aromatic heterocycles. The number of rotatable bonds is 3. The van der Waals surface area contributed by atoms with Gasteiger partial charge in [0.15, 0.2) is 5.96 Å². The summed E-state index contributed by atoms with van der Waals surface area (Å²) in [5.41, 5.74) is 1.22. The van der Waals surface area contributed by atoms with Gasteiger partial charge in [-0.05, 0) is 32.9 Å². The fraction of sp³-hybridized carbons (Fsp3) is 0.300. The lowest BCUT2D eigenvalue weighted by molar-refractivity contribution is 0.854.